The number of amides is 2. The Morgan fingerprint density at radius 2 is 1.79 bits per heavy atom. The van der Waals surface area contributed by atoms with Gasteiger partial charge in [0.1, 0.15) is 6.04 Å². The van der Waals surface area contributed by atoms with Crippen molar-refractivity contribution in [2.75, 3.05) is 19.6 Å². The third kappa shape index (κ3) is 5.15. The molecule has 1 saturated heterocycles. The highest BCUT2D eigenvalue weighted by Gasteiger charge is 2.39. The van der Waals surface area contributed by atoms with Gasteiger partial charge in [-0.05, 0) is 56.1 Å². The summed E-state index contributed by atoms with van der Waals surface area (Å²) in [6.45, 7) is 6.97. The first-order valence-electron chi connectivity index (χ1n) is 10.9. The summed E-state index contributed by atoms with van der Waals surface area (Å²) in [7, 11) is 0. The fourth-order valence-corrected chi connectivity index (χ4v) is 5.33. The zero-order valence-electron chi connectivity index (χ0n) is 17.3. The Hall–Kier alpha value is -1.40. The second-order valence-corrected chi connectivity index (χ2v) is 9.67. The summed E-state index contributed by atoms with van der Waals surface area (Å²) in [4.78, 5) is 28.8. The van der Waals surface area contributed by atoms with Crippen LogP contribution >= 0.6 is 11.3 Å². The van der Waals surface area contributed by atoms with Crippen LogP contribution in [0.25, 0.3) is 0 Å². The van der Waals surface area contributed by atoms with Crippen molar-refractivity contribution in [2.24, 2.45) is 5.92 Å². The standard InChI is InChI=1S/C22H35N3O2S/c1-17(2)19(24-20(26)18-10-9-15-28-18)21(27)23-16-22(11-5-3-6-12-22)25-13-7-4-8-14-25/h9-10,15,17,19H,3-8,11-14,16H2,1-2H3,(H,23,27)(H,24,26). The van der Waals surface area contributed by atoms with E-state index in [-0.39, 0.29) is 23.3 Å². The number of carbonyl (C=O) groups excluding carboxylic acids is 2. The molecule has 2 fully saturated rings. The maximum Gasteiger partial charge on any atom is 0.262 e. The number of carbonyl (C=O) groups is 2. The zero-order chi connectivity index (χ0) is 20.0. The van der Waals surface area contributed by atoms with E-state index in [1.807, 2.05) is 25.3 Å². The average molecular weight is 406 g/mol. The molecule has 1 aromatic heterocycles. The van der Waals surface area contributed by atoms with Gasteiger partial charge in [0.15, 0.2) is 0 Å². The van der Waals surface area contributed by atoms with E-state index < -0.39 is 6.04 Å². The van der Waals surface area contributed by atoms with E-state index in [1.165, 1.54) is 62.7 Å². The first-order valence-corrected chi connectivity index (χ1v) is 11.8. The maximum absolute atomic E-state index is 13.0. The molecule has 2 N–H and O–H groups in total. The summed E-state index contributed by atoms with van der Waals surface area (Å²) in [6, 6.07) is 3.15. The van der Waals surface area contributed by atoms with Crippen LogP contribution in [0.5, 0.6) is 0 Å². The third-order valence-corrected chi connectivity index (χ3v) is 7.25. The Balaban J connectivity index is 1.63. The van der Waals surface area contributed by atoms with Crippen molar-refractivity contribution in [2.45, 2.75) is 76.8 Å². The van der Waals surface area contributed by atoms with Gasteiger partial charge in [-0.1, -0.05) is 45.6 Å². The Labute approximate surface area is 173 Å². The molecule has 0 aromatic carbocycles. The van der Waals surface area contributed by atoms with Crippen LogP contribution in [0.1, 0.15) is 74.9 Å². The van der Waals surface area contributed by atoms with Gasteiger partial charge in [0.05, 0.1) is 4.88 Å². The molecule has 1 aliphatic carbocycles. The van der Waals surface area contributed by atoms with Crippen molar-refractivity contribution in [3.05, 3.63) is 22.4 Å². The van der Waals surface area contributed by atoms with Crippen LogP contribution in [-0.4, -0.2) is 47.9 Å². The topological polar surface area (TPSA) is 61.4 Å². The van der Waals surface area contributed by atoms with Crippen molar-refractivity contribution < 1.29 is 9.59 Å². The molecule has 0 spiro atoms. The van der Waals surface area contributed by atoms with Crippen LogP contribution in [0.4, 0.5) is 0 Å². The van der Waals surface area contributed by atoms with E-state index >= 15 is 0 Å². The number of rotatable bonds is 7. The summed E-state index contributed by atoms with van der Waals surface area (Å²) in [5.41, 5.74) is 0.105. The smallest absolute Gasteiger partial charge is 0.262 e. The monoisotopic (exact) mass is 405 g/mol. The van der Waals surface area contributed by atoms with Crippen LogP contribution in [0, 0.1) is 5.92 Å². The van der Waals surface area contributed by atoms with E-state index in [9.17, 15) is 9.59 Å². The predicted molar refractivity (Wildman–Crippen MR) is 115 cm³/mol. The predicted octanol–water partition coefficient (Wildman–Crippen LogP) is 3.81. The summed E-state index contributed by atoms with van der Waals surface area (Å²) in [5.74, 6) is -0.171. The highest BCUT2D eigenvalue weighted by atomic mass is 32.1. The van der Waals surface area contributed by atoms with E-state index in [2.05, 4.69) is 15.5 Å². The molecule has 5 nitrogen and oxygen atoms in total. The molecule has 1 atom stereocenters. The molecular formula is C22H35N3O2S. The average Bonchev–Trinajstić information content (AvgIpc) is 3.26. The van der Waals surface area contributed by atoms with Gasteiger partial charge in [0, 0.05) is 12.1 Å². The highest BCUT2D eigenvalue weighted by Crippen LogP contribution is 2.35. The number of thiophene rings is 1. The third-order valence-electron chi connectivity index (χ3n) is 6.38. The molecule has 2 amide bonds. The van der Waals surface area contributed by atoms with Crippen LogP contribution in [0.3, 0.4) is 0 Å². The van der Waals surface area contributed by atoms with Crippen molar-refractivity contribution in [3.8, 4) is 0 Å². The molecular weight excluding hydrogens is 370 g/mol. The number of hydrogen-bond donors (Lipinski definition) is 2. The second kappa shape index (κ2) is 9.88. The van der Waals surface area contributed by atoms with E-state index in [0.29, 0.717) is 11.4 Å². The Morgan fingerprint density at radius 1 is 1.11 bits per heavy atom. The molecule has 2 aliphatic rings. The summed E-state index contributed by atoms with van der Waals surface area (Å²) in [5, 5.41) is 8.05. The molecule has 156 valence electrons. The lowest BCUT2D eigenvalue weighted by molar-refractivity contribution is -0.125. The second-order valence-electron chi connectivity index (χ2n) is 8.72. The van der Waals surface area contributed by atoms with E-state index in [1.54, 1.807) is 6.07 Å². The van der Waals surface area contributed by atoms with Gasteiger partial charge in [-0.2, -0.15) is 0 Å². The summed E-state index contributed by atoms with van der Waals surface area (Å²) >= 11 is 1.40. The van der Waals surface area contributed by atoms with Crippen molar-refractivity contribution >= 4 is 23.2 Å². The first kappa shape index (κ1) is 21.3. The Morgan fingerprint density at radius 3 is 2.39 bits per heavy atom. The van der Waals surface area contributed by atoms with Crippen LogP contribution in [0.2, 0.25) is 0 Å². The van der Waals surface area contributed by atoms with Crippen molar-refractivity contribution in [1.82, 2.24) is 15.5 Å². The quantitative estimate of drug-likeness (QED) is 0.725. The SMILES string of the molecule is CC(C)C(NC(=O)c1cccs1)C(=O)NCC1(N2CCCCC2)CCCCC1. The number of likely N-dealkylation sites (tertiary alicyclic amines) is 1. The Bertz CT molecular complexity index is 632. The van der Waals surface area contributed by atoms with Crippen LogP contribution < -0.4 is 10.6 Å². The van der Waals surface area contributed by atoms with Crippen LogP contribution in [-0.2, 0) is 4.79 Å². The van der Waals surface area contributed by atoms with Gasteiger partial charge in [0.2, 0.25) is 5.91 Å². The zero-order valence-corrected chi connectivity index (χ0v) is 18.2. The lowest BCUT2D eigenvalue weighted by Gasteiger charge is -2.48. The van der Waals surface area contributed by atoms with Gasteiger partial charge in [-0.3, -0.25) is 14.5 Å². The highest BCUT2D eigenvalue weighted by molar-refractivity contribution is 7.12. The number of piperidine rings is 1. The van der Waals surface area contributed by atoms with Gasteiger partial charge >= 0.3 is 0 Å². The van der Waals surface area contributed by atoms with Crippen molar-refractivity contribution in [3.63, 3.8) is 0 Å². The van der Waals surface area contributed by atoms with E-state index in [4.69, 9.17) is 0 Å². The van der Waals surface area contributed by atoms with Gasteiger partial charge < -0.3 is 10.6 Å². The van der Waals surface area contributed by atoms with E-state index in [0.717, 1.165) is 13.1 Å². The fraction of sp³-hybridized carbons (Fsp3) is 0.727. The molecule has 1 unspecified atom stereocenters. The molecule has 1 aliphatic heterocycles. The minimum Gasteiger partial charge on any atom is -0.352 e. The number of nitrogens with zero attached hydrogens (tertiary/aromatic N) is 1. The summed E-state index contributed by atoms with van der Waals surface area (Å²) in [6.07, 6.45) is 9.98. The molecule has 1 aromatic rings. The van der Waals surface area contributed by atoms with Gasteiger partial charge in [-0.25, -0.2) is 0 Å². The molecule has 28 heavy (non-hydrogen) atoms. The van der Waals surface area contributed by atoms with Crippen LogP contribution in [0.15, 0.2) is 17.5 Å². The van der Waals surface area contributed by atoms with Gasteiger partial charge in [-0.15, -0.1) is 11.3 Å². The van der Waals surface area contributed by atoms with Crippen molar-refractivity contribution in [1.29, 1.82) is 0 Å². The molecule has 2 heterocycles. The van der Waals surface area contributed by atoms with Gasteiger partial charge in [0.25, 0.3) is 5.91 Å². The molecule has 1 saturated carbocycles. The normalized spacial score (nSPS) is 21.2. The lowest BCUT2D eigenvalue weighted by Crippen LogP contribution is -2.60. The molecule has 3 rings (SSSR count). The maximum atomic E-state index is 13.0. The lowest BCUT2D eigenvalue weighted by atomic mass is 9.79. The minimum absolute atomic E-state index is 0.0428. The number of nitrogens with one attached hydrogen (secondary N) is 2. The number of hydrogen-bond acceptors (Lipinski definition) is 4. The molecule has 0 bridgehead atoms. The molecule has 6 heteroatoms. The largest absolute Gasteiger partial charge is 0.352 e. The summed E-state index contributed by atoms with van der Waals surface area (Å²) < 4.78 is 0. The minimum atomic E-state index is -0.503. The first-order chi connectivity index (χ1) is 13.5. The fourth-order valence-electron chi connectivity index (χ4n) is 4.70. The Kier molecular flexibility index (Phi) is 7.52. The molecule has 0 radical (unpaired) electrons.